The summed E-state index contributed by atoms with van der Waals surface area (Å²) in [4.78, 5) is 0. The van der Waals surface area contributed by atoms with Crippen molar-refractivity contribution in [3.63, 3.8) is 0 Å². The molecule has 0 aliphatic carbocycles. The summed E-state index contributed by atoms with van der Waals surface area (Å²) in [6.45, 7) is 4.48. The summed E-state index contributed by atoms with van der Waals surface area (Å²) in [7, 11) is 0. The molecule has 0 fully saturated rings. The molecular formula is C19H16BrCl3N4S. The van der Waals surface area contributed by atoms with Crippen molar-refractivity contribution in [3.05, 3.63) is 72.9 Å². The van der Waals surface area contributed by atoms with Gasteiger partial charge in [0.05, 0.1) is 44.4 Å². The van der Waals surface area contributed by atoms with Crippen molar-refractivity contribution in [2.75, 3.05) is 10.6 Å². The molecule has 9 heteroatoms. The summed E-state index contributed by atoms with van der Waals surface area (Å²) in [6.07, 6.45) is 0. The maximum Gasteiger partial charge on any atom is 0.175 e. The summed E-state index contributed by atoms with van der Waals surface area (Å²) < 4.78 is 2.80. The molecule has 0 bridgehead atoms. The second-order valence-electron chi connectivity index (χ2n) is 6.16. The molecule has 1 aromatic heterocycles. The van der Waals surface area contributed by atoms with Crippen LogP contribution in [0, 0.1) is 13.8 Å². The lowest BCUT2D eigenvalue weighted by atomic mass is 10.2. The molecule has 28 heavy (non-hydrogen) atoms. The standard InChI is InChI=1S/C19H16BrCl3N4S/c1-10-18(25-19(28)24-17-6-4-13(20)8-16(17)23)11(2)27(26-10)9-12-3-5-14(21)15(22)7-12/h3-8H,9H2,1-2H3,(H2,24,25,28). The van der Waals surface area contributed by atoms with Crippen LogP contribution in [0.2, 0.25) is 15.1 Å². The second kappa shape index (κ2) is 9.01. The molecule has 0 spiro atoms. The van der Waals surface area contributed by atoms with Crippen molar-refractivity contribution >= 4 is 79.4 Å². The van der Waals surface area contributed by atoms with Crippen LogP contribution < -0.4 is 10.6 Å². The summed E-state index contributed by atoms with van der Waals surface area (Å²) in [6, 6.07) is 11.1. The summed E-state index contributed by atoms with van der Waals surface area (Å²) in [5.41, 5.74) is 4.37. The fourth-order valence-corrected chi connectivity index (χ4v) is 3.95. The van der Waals surface area contributed by atoms with E-state index >= 15 is 0 Å². The van der Waals surface area contributed by atoms with E-state index in [0.29, 0.717) is 26.7 Å². The van der Waals surface area contributed by atoms with Crippen LogP contribution in [0.3, 0.4) is 0 Å². The highest BCUT2D eigenvalue weighted by Crippen LogP contribution is 2.27. The zero-order valence-electron chi connectivity index (χ0n) is 15.0. The van der Waals surface area contributed by atoms with E-state index in [0.717, 1.165) is 32.8 Å². The van der Waals surface area contributed by atoms with Gasteiger partial charge in [-0.15, -0.1) is 0 Å². The van der Waals surface area contributed by atoms with Gasteiger partial charge in [0.25, 0.3) is 0 Å². The van der Waals surface area contributed by atoms with E-state index in [2.05, 4.69) is 31.7 Å². The number of aromatic nitrogens is 2. The van der Waals surface area contributed by atoms with Crippen LogP contribution in [0.15, 0.2) is 40.9 Å². The van der Waals surface area contributed by atoms with E-state index in [1.54, 1.807) is 12.1 Å². The molecule has 0 atom stereocenters. The van der Waals surface area contributed by atoms with Crippen LogP contribution in [0.1, 0.15) is 17.0 Å². The first-order valence-electron chi connectivity index (χ1n) is 8.25. The first-order chi connectivity index (χ1) is 13.2. The van der Waals surface area contributed by atoms with Crippen molar-refractivity contribution in [2.24, 2.45) is 0 Å². The Morgan fingerprint density at radius 2 is 1.79 bits per heavy atom. The topological polar surface area (TPSA) is 41.9 Å². The first kappa shape index (κ1) is 21.4. The predicted octanol–water partition coefficient (Wildman–Crippen LogP) is 7.08. The van der Waals surface area contributed by atoms with Crippen molar-refractivity contribution in [3.8, 4) is 0 Å². The number of hydrogen-bond acceptors (Lipinski definition) is 2. The highest BCUT2D eigenvalue weighted by Gasteiger charge is 2.14. The van der Waals surface area contributed by atoms with Crippen LogP contribution in [0.25, 0.3) is 0 Å². The minimum Gasteiger partial charge on any atom is -0.331 e. The van der Waals surface area contributed by atoms with Gasteiger partial charge in [0.15, 0.2) is 5.11 Å². The van der Waals surface area contributed by atoms with Crippen LogP contribution in [0.5, 0.6) is 0 Å². The fourth-order valence-electron chi connectivity index (χ4n) is 2.70. The van der Waals surface area contributed by atoms with Crippen LogP contribution in [-0.4, -0.2) is 14.9 Å². The third-order valence-corrected chi connectivity index (χ3v) is 5.86. The van der Waals surface area contributed by atoms with Gasteiger partial charge < -0.3 is 10.6 Å². The second-order valence-corrected chi connectivity index (χ2v) is 8.70. The smallest absolute Gasteiger partial charge is 0.175 e. The number of rotatable bonds is 4. The molecule has 2 aromatic carbocycles. The van der Waals surface area contributed by atoms with Crippen molar-refractivity contribution < 1.29 is 0 Å². The summed E-state index contributed by atoms with van der Waals surface area (Å²) in [5.74, 6) is 0. The molecule has 0 aliphatic heterocycles. The lowest BCUT2D eigenvalue weighted by Gasteiger charge is -2.12. The lowest BCUT2D eigenvalue weighted by Crippen LogP contribution is -2.20. The van der Waals surface area contributed by atoms with E-state index in [4.69, 9.17) is 47.0 Å². The van der Waals surface area contributed by atoms with Gasteiger partial charge in [0.2, 0.25) is 0 Å². The summed E-state index contributed by atoms with van der Waals surface area (Å²) in [5, 5.41) is 13.0. The molecule has 0 saturated heterocycles. The summed E-state index contributed by atoms with van der Waals surface area (Å²) >= 11 is 27.2. The highest BCUT2D eigenvalue weighted by molar-refractivity contribution is 9.10. The maximum absolute atomic E-state index is 6.24. The SMILES string of the molecule is Cc1nn(Cc2ccc(Cl)c(Cl)c2)c(C)c1NC(=S)Nc1ccc(Br)cc1Cl. The van der Waals surface area contributed by atoms with Gasteiger partial charge in [-0.25, -0.2) is 0 Å². The van der Waals surface area contributed by atoms with E-state index in [9.17, 15) is 0 Å². The largest absolute Gasteiger partial charge is 0.331 e. The Labute approximate surface area is 192 Å². The van der Waals surface area contributed by atoms with Crippen LogP contribution in [-0.2, 0) is 6.54 Å². The molecule has 0 unspecified atom stereocenters. The number of nitrogens with zero attached hydrogens (tertiary/aromatic N) is 2. The average molecular weight is 519 g/mol. The Morgan fingerprint density at radius 1 is 1.04 bits per heavy atom. The normalized spacial score (nSPS) is 10.8. The fraction of sp³-hybridized carbons (Fsp3) is 0.158. The number of anilines is 2. The Hall–Kier alpha value is -1.31. The minimum absolute atomic E-state index is 0.435. The zero-order chi connectivity index (χ0) is 20.4. The number of hydrogen-bond donors (Lipinski definition) is 2. The number of nitrogens with one attached hydrogen (secondary N) is 2. The molecule has 0 amide bonds. The van der Waals surface area contributed by atoms with Gasteiger partial charge in [0.1, 0.15) is 0 Å². The molecular weight excluding hydrogens is 503 g/mol. The van der Waals surface area contributed by atoms with Gasteiger partial charge in [-0.05, 0) is 62.0 Å². The molecule has 1 heterocycles. The van der Waals surface area contributed by atoms with Crippen LogP contribution >= 0.6 is 63.0 Å². The molecule has 3 rings (SSSR count). The number of halogens is 4. The molecule has 2 N–H and O–H groups in total. The van der Waals surface area contributed by atoms with Crippen molar-refractivity contribution in [1.29, 1.82) is 0 Å². The first-order valence-corrected chi connectivity index (χ1v) is 10.6. The Kier molecular flexibility index (Phi) is 6.89. The quantitative estimate of drug-likeness (QED) is 0.362. The third kappa shape index (κ3) is 4.99. The molecule has 0 saturated carbocycles. The number of benzene rings is 2. The lowest BCUT2D eigenvalue weighted by molar-refractivity contribution is 0.659. The van der Waals surface area contributed by atoms with Crippen molar-refractivity contribution in [2.45, 2.75) is 20.4 Å². The molecule has 4 nitrogen and oxygen atoms in total. The van der Waals surface area contributed by atoms with Gasteiger partial charge in [-0.2, -0.15) is 5.10 Å². The molecule has 0 radical (unpaired) electrons. The van der Waals surface area contributed by atoms with Gasteiger partial charge >= 0.3 is 0 Å². The van der Waals surface area contributed by atoms with Gasteiger partial charge in [-0.3, -0.25) is 4.68 Å². The van der Waals surface area contributed by atoms with E-state index in [1.165, 1.54) is 0 Å². The van der Waals surface area contributed by atoms with E-state index in [1.807, 2.05) is 42.8 Å². The molecule has 146 valence electrons. The monoisotopic (exact) mass is 516 g/mol. The number of aryl methyl sites for hydroxylation is 1. The molecule has 3 aromatic rings. The molecule has 0 aliphatic rings. The maximum atomic E-state index is 6.24. The van der Waals surface area contributed by atoms with Crippen LogP contribution in [0.4, 0.5) is 11.4 Å². The third-order valence-electron chi connectivity index (χ3n) is 4.12. The average Bonchev–Trinajstić information content (AvgIpc) is 2.88. The number of thiocarbonyl (C=S) groups is 1. The predicted molar refractivity (Wildman–Crippen MR) is 126 cm³/mol. The Bertz CT molecular complexity index is 1050. The minimum atomic E-state index is 0.435. The van der Waals surface area contributed by atoms with Gasteiger partial charge in [0, 0.05) is 4.47 Å². The van der Waals surface area contributed by atoms with Gasteiger partial charge in [-0.1, -0.05) is 56.8 Å². The van der Waals surface area contributed by atoms with E-state index in [-0.39, 0.29) is 0 Å². The Balaban J connectivity index is 1.75. The van der Waals surface area contributed by atoms with E-state index < -0.39 is 0 Å². The Morgan fingerprint density at radius 3 is 2.46 bits per heavy atom. The zero-order valence-corrected chi connectivity index (χ0v) is 19.7. The highest BCUT2D eigenvalue weighted by atomic mass is 79.9. The van der Waals surface area contributed by atoms with Crippen molar-refractivity contribution in [1.82, 2.24) is 9.78 Å².